The van der Waals surface area contributed by atoms with Gasteiger partial charge in [0.05, 0.1) is 165 Å². The number of aliphatic hydroxyl groups excluding tert-OH is 1. The molecule has 15 heteroatoms. The summed E-state index contributed by atoms with van der Waals surface area (Å²) in [7, 11) is 1.35. The lowest BCUT2D eigenvalue weighted by Gasteiger charge is -2.09. The van der Waals surface area contributed by atoms with Gasteiger partial charge in [0.15, 0.2) is 0 Å². The number of carbonyl (C=O) groups is 1. The second-order valence-electron chi connectivity index (χ2n) is 9.32. The van der Waals surface area contributed by atoms with Crippen molar-refractivity contribution < 1.29 is 71.5 Å². The molecule has 0 atom stereocenters. The van der Waals surface area contributed by atoms with E-state index in [1.807, 2.05) is 0 Å². The Hall–Kier alpha value is -1.99. The van der Waals surface area contributed by atoms with E-state index >= 15 is 0 Å². The van der Waals surface area contributed by atoms with Crippen LogP contribution in [0.25, 0.3) is 0 Å². The minimum Gasteiger partial charge on any atom is -0.491 e. The van der Waals surface area contributed by atoms with Crippen molar-refractivity contribution in [2.45, 2.75) is 0 Å². The van der Waals surface area contributed by atoms with Crippen molar-refractivity contribution in [2.75, 3.05) is 166 Å². The van der Waals surface area contributed by atoms with Gasteiger partial charge >= 0.3 is 5.97 Å². The molecule has 274 valence electrons. The molecule has 15 nitrogen and oxygen atoms in total. The third-order valence-corrected chi connectivity index (χ3v) is 5.73. The standard InChI is InChI=1S/C32H56O15/c1-35-32(34)30-2-4-31(5-3-30)47-29-28-46-27-26-45-25-24-44-23-22-43-21-20-42-19-18-41-17-16-40-15-14-39-13-12-38-11-10-37-9-8-36-7-6-33/h2-5,33H,6-29H2,1H3. The summed E-state index contributed by atoms with van der Waals surface area (Å²) in [5.41, 5.74) is 0.475. The van der Waals surface area contributed by atoms with Gasteiger partial charge in [0, 0.05) is 0 Å². The zero-order chi connectivity index (χ0) is 33.7. The average Bonchev–Trinajstić information content (AvgIpc) is 3.10. The van der Waals surface area contributed by atoms with Crippen LogP contribution in [0.2, 0.25) is 0 Å². The first-order valence-electron chi connectivity index (χ1n) is 16.0. The number of hydrogen-bond donors (Lipinski definition) is 1. The predicted octanol–water partition coefficient (Wildman–Crippen LogP) is 1.03. The largest absolute Gasteiger partial charge is 0.491 e. The molecule has 1 N–H and O–H groups in total. The number of ether oxygens (including phenoxy) is 13. The van der Waals surface area contributed by atoms with Crippen molar-refractivity contribution in [2.24, 2.45) is 0 Å². The molecular weight excluding hydrogens is 624 g/mol. The highest BCUT2D eigenvalue weighted by molar-refractivity contribution is 5.89. The highest BCUT2D eigenvalue weighted by Gasteiger charge is 2.04. The van der Waals surface area contributed by atoms with Gasteiger partial charge in [0.2, 0.25) is 0 Å². The first-order chi connectivity index (χ1) is 23.3. The van der Waals surface area contributed by atoms with Gasteiger partial charge in [-0.3, -0.25) is 0 Å². The fourth-order valence-corrected chi connectivity index (χ4v) is 3.39. The summed E-state index contributed by atoms with van der Waals surface area (Å²) in [6.45, 7) is 10.9. The molecular formula is C32H56O15. The topological polar surface area (TPSA) is 157 Å². The van der Waals surface area contributed by atoms with Crippen molar-refractivity contribution in [3.05, 3.63) is 29.8 Å². The Balaban J connectivity index is 1.66. The summed E-state index contributed by atoms with van der Waals surface area (Å²) in [5, 5.41) is 8.58. The molecule has 0 aromatic heterocycles. The van der Waals surface area contributed by atoms with E-state index in [4.69, 9.17) is 61.9 Å². The predicted molar refractivity (Wildman–Crippen MR) is 169 cm³/mol. The van der Waals surface area contributed by atoms with Crippen LogP contribution in [0.3, 0.4) is 0 Å². The molecule has 0 fully saturated rings. The van der Waals surface area contributed by atoms with Gasteiger partial charge < -0.3 is 66.7 Å². The molecule has 0 unspecified atom stereocenters. The first kappa shape index (κ1) is 43.0. The number of rotatable bonds is 37. The quantitative estimate of drug-likeness (QED) is 0.0784. The van der Waals surface area contributed by atoms with Crippen LogP contribution in [0.5, 0.6) is 5.75 Å². The summed E-state index contributed by atoms with van der Waals surface area (Å²) in [5.74, 6) is 0.277. The molecule has 0 saturated carbocycles. The fraction of sp³-hybridized carbons (Fsp3) is 0.781. The van der Waals surface area contributed by atoms with Crippen LogP contribution >= 0.6 is 0 Å². The Morgan fingerprint density at radius 1 is 0.426 bits per heavy atom. The van der Waals surface area contributed by atoms with Crippen molar-refractivity contribution >= 4 is 5.97 Å². The van der Waals surface area contributed by atoms with Gasteiger partial charge in [-0.25, -0.2) is 4.79 Å². The minimum absolute atomic E-state index is 0.0210. The highest BCUT2D eigenvalue weighted by atomic mass is 16.6. The van der Waals surface area contributed by atoms with Crippen molar-refractivity contribution in [3.63, 3.8) is 0 Å². The maximum atomic E-state index is 11.4. The summed E-state index contributed by atoms with van der Waals surface area (Å²) in [4.78, 5) is 11.4. The Kier molecular flexibility index (Phi) is 32.3. The second-order valence-corrected chi connectivity index (χ2v) is 9.32. The van der Waals surface area contributed by atoms with Crippen molar-refractivity contribution in [1.82, 2.24) is 0 Å². The Morgan fingerprint density at radius 2 is 0.681 bits per heavy atom. The van der Waals surface area contributed by atoms with Crippen molar-refractivity contribution in [1.29, 1.82) is 0 Å². The van der Waals surface area contributed by atoms with E-state index in [9.17, 15) is 4.79 Å². The van der Waals surface area contributed by atoms with Gasteiger partial charge in [0.25, 0.3) is 0 Å². The molecule has 1 aromatic rings. The summed E-state index contributed by atoms with van der Waals surface area (Å²) >= 11 is 0. The van der Waals surface area contributed by atoms with Gasteiger partial charge in [0.1, 0.15) is 12.4 Å². The third kappa shape index (κ3) is 29.9. The summed E-state index contributed by atoms with van der Waals surface area (Å²) < 4.78 is 69.7. The number of benzene rings is 1. The molecule has 0 bridgehead atoms. The Bertz CT molecular complexity index is 784. The molecule has 0 saturated heterocycles. The zero-order valence-electron chi connectivity index (χ0n) is 27.9. The molecule has 0 aliphatic carbocycles. The molecule has 0 aliphatic rings. The lowest BCUT2D eigenvalue weighted by Crippen LogP contribution is -2.15. The molecule has 0 radical (unpaired) electrons. The second kappa shape index (κ2) is 35.3. The molecule has 1 aromatic carbocycles. The lowest BCUT2D eigenvalue weighted by atomic mass is 10.2. The van der Waals surface area contributed by atoms with E-state index in [1.165, 1.54) is 7.11 Å². The Morgan fingerprint density at radius 3 is 0.936 bits per heavy atom. The van der Waals surface area contributed by atoms with Crippen LogP contribution in [0.4, 0.5) is 0 Å². The molecule has 47 heavy (non-hydrogen) atoms. The molecule has 0 aliphatic heterocycles. The maximum absolute atomic E-state index is 11.4. The van der Waals surface area contributed by atoms with E-state index < -0.39 is 0 Å². The van der Waals surface area contributed by atoms with Gasteiger partial charge in [-0.15, -0.1) is 0 Å². The van der Waals surface area contributed by atoms with Crippen molar-refractivity contribution in [3.8, 4) is 5.75 Å². The lowest BCUT2D eigenvalue weighted by molar-refractivity contribution is -0.0280. The van der Waals surface area contributed by atoms with E-state index in [-0.39, 0.29) is 12.6 Å². The molecule has 0 amide bonds. The van der Waals surface area contributed by atoms with Crippen LogP contribution in [-0.4, -0.2) is 177 Å². The fourth-order valence-electron chi connectivity index (χ4n) is 3.39. The van der Waals surface area contributed by atoms with Crippen LogP contribution < -0.4 is 4.74 Å². The van der Waals surface area contributed by atoms with E-state index in [0.717, 1.165) is 0 Å². The van der Waals surface area contributed by atoms with Gasteiger partial charge in [-0.1, -0.05) is 0 Å². The average molecular weight is 681 g/mol. The highest BCUT2D eigenvalue weighted by Crippen LogP contribution is 2.12. The molecule has 1 rings (SSSR count). The van der Waals surface area contributed by atoms with E-state index in [2.05, 4.69) is 4.74 Å². The normalized spacial score (nSPS) is 11.3. The maximum Gasteiger partial charge on any atom is 0.337 e. The van der Waals surface area contributed by atoms with E-state index in [1.54, 1.807) is 24.3 Å². The number of methoxy groups -OCH3 is 1. The van der Waals surface area contributed by atoms with Crippen LogP contribution in [0.1, 0.15) is 10.4 Å². The van der Waals surface area contributed by atoms with Crippen LogP contribution in [0.15, 0.2) is 24.3 Å². The third-order valence-electron chi connectivity index (χ3n) is 5.73. The molecule has 0 spiro atoms. The van der Waals surface area contributed by atoms with Crippen LogP contribution in [0, 0.1) is 0 Å². The SMILES string of the molecule is COC(=O)c1ccc(OCCOCCOCCOCCOCCOCCOCCOCCOCCOCCOCCOCCO)cc1. The smallest absolute Gasteiger partial charge is 0.337 e. The number of esters is 1. The Labute approximate surface area is 278 Å². The van der Waals surface area contributed by atoms with Crippen LogP contribution in [-0.2, 0) is 56.8 Å². The monoisotopic (exact) mass is 680 g/mol. The van der Waals surface area contributed by atoms with Gasteiger partial charge in [-0.05, 0) is 24.3 Å². The summed E-state index contributed by atoms with van der Waals surface area (Å²) in [6, 6.07) is 6.73. The zero-order valence-corrected chi connectivity index (χ0v) is 27.9. The van der Waals surface area contributed by atoms with Gasteiger partial charge in [-0.2, -0.15) is 0 Å². The minimum atomic E-state index is -0.381. The summed E-state index contributed by atoms with van der Waals surface area (Å²) in [6.07, 6.45) is 0. The van der Waals surface area contributed by atoms with E-state index in [0.29, 0.717) is 163 Å². The molecule has 0 heterocycles. The number of aliphatic hydroxyl groups is 1. The first-order valence-corrected chi connectivity index (χ1v) is 16.0. The number of carbonyl (C=O) groups excluding carboxylic acids is 1. The number of hydrogen-bond acceptors (Lipinski definition) is 15.